The van der Waals surface area contributed by atoms with Crippen molar-refractivity contribution in [2.45, 2.75) is 220 Å². The normalized spacial score (nSPS) is 11.6. The maximum absolute atomic E-state index is 2.59. The van der Waals surface area contributed by atoms with E-state index in [-0.39, 0.29) is 0 Å². The third-order valence-electron chi connectivity index (χ3n) is 8.85. The van der Waals surface area contributed by atoms with E-state index in [9.17, 15) is 0 Å². The molecule has 230 valence electrons. The lowest BCUT2D eigenvalue weighted by Gasteiger charge is -2.06. The van der Waals surface area contributed by atoms with Crippen molar-refractivity contribution in [2.24, 2.45) is 0 Å². The molecule has 0 radical (unpaired) electrons. The number of hydrogen-bond donors (Lipinski definition) is 0. The standard InChI is InChI=1S/C37H73N2/c1-4-7-10-12-14-16-17-18-19-20-21-22-23-25-27-29-31-34-39-36-35-38(37(39)32-9-6-3)33-30-28-26-24-15-13-11-8-5-2/h35-36H,4-34H2,1-3H3/q+1. The van der Waals surface area contributed by atoms with Crippen molar-refractivity contribution in [3.05, 3.63) is 18.2 Å². The molecule has 0 amide bonds. The van der Waals surface area contributed by atoms with Gasteiger partial charge in [0.05, 0.1) is 13.1 Å². The Labute approximate surface area is 247 Å². The van der Waals surface area contributed by atoms with E-state index in [4.69, 9.17) is 0 Å². The smallest absolute Gasteiger partial charge is 0.234 e. The van der Waals surface area contributed by atoms with Crippen LogP contribution in [0.3, 0.4) is 0 Å². The summed E-state index contributed by atoms with van der Waals surface area (Å²) in [6, 6.07) is 0. The highest BCUT2D eigenvalue weighted by molar-refractivity contribution is 4.84. The summed E-state index contributed by atoms with van der Waals surface area (Å²) < 4.78 is 5.18. The Morgan fingerprint density at radius 2 is 0.795 bits per heavy atom. The summed E-state index contributed by atoms with van der Waals surface area (Å²) in [6.07, 6.45) is 46.0. The quantitative estimate of drug-likeness (QED) is 0.0648. The topological polar surface area (TPSA) is 8.81 Å². The van der Waals surface area contributed by atoms with Crippen molar-refractivity contribution in [2.75, 3.05) is 0 Å². The van der Waals surface area contributed by atoms with E-state index in [0.29, 0.717) is 0 Å². The molecule has 0 N–H and O–H groups in total. The zero-order chi connectivity index (χ0) is 28.1. The lowest BCUT2D eigenvalue weighted by atomic mass is 10.0. The second-order valence-electron chi connectivity index (χ2n) is 12.7. The van der Waals surface area contributed by atoms with Crippen LogP contribution in [0.4, 0.5) is 0 Å². The Morgan fingerprint density at radius 1 is 0.436 bits per heavy atom. The van der Waals surface area contributed by atoms with Gasteiger partial charge in [0.1, 0.15) is 12.4 Å². The molecule has 1 aromatic rings. The summed E-state index contributed by atoms with van der Waals surface area (Å²) in [6.45, 7) is 9.39. The van der Waals surface area contributed by atoms with Gasteiger partial charge in [-0.2, -0.15) is 0 Å². The first-order valence-electron chi connectivity index (χ1n) is 18.4. The first-order chi connectivity index (χ1) is 19.3. The molecule has 0 bridgehead atoms. The second-order valence-corrected chi connectivity index (χ2v) is 12.7. The fourth-order valence-electron chi connectivity index (χ4n) is 6.13. The Kier molecular flexibility index (Phi) is 26.7. The van der Waals surface area contributed by atoms with Crippen LogP contribution in [0.25, 0.3) is 0 Å². The second kappa shape index (κ2) is 28.7. The first-order valence-corrected chi connectivity index (χ1v) is 18.4. The van der Waals surface area contributed by atoms with Crippen LogP contribution < -0.4 is 4.57 Å². The minimum Gasteiger partial charge on any atom is -0.234 e. The molecular formula is C37H73N2+. The summed E-state index contributed by atoms with van der Waals surface area (Å²) >= 11 is 0. The van der Waals surface area contributed by atoms with E-state index >= 15 is 0 Å². The highest BCUT2D eigenvalue weighted by Gasteiger charge is 2.16. The molecule has 1 rings (SSSR count). The summed E-state index contributed by atoms with van der Waals surface area (Å²) in [5, 5.41) is 0. The van der Waals surface area contributed by atoms with Crippen molar-refractivity contribution in [3.63, 3.8) is 0 Å². The van der Waals surface area contributed by atoms with Gasteiger partial charge in [0.15, 0.2) is 0 Å². The van der Waals surface area contributed by atoms with Gasteiger partial charge in [-0.1, -0.05) is 168 Å². The molecule has 0 fully saturated rings. The third-order valence-corrected chi connectivity index (χ3v) is 8.85. The largest absolute Gasteiger partial charge is 0.256 e. The molecule has 0 aliphatic heterocycles. The van der Waals surface area contributed by atoms with Crippen LogP contribution in [-0.2, 0) is 19.5 Å². The summed E-state index contributed by atoms with van der Waals surface area (Å²) in [5.41, 5.74) is 0. The van der Waals surface area contributed by atoms with E-state index in [2.05, 4.69) is 42.3 Å². The van der Waals surface area contributed by atoms with Crippen molar-refractivity contribution in [1.29, 1.82) is 0 Å². The number of imidazole rings is 1. The average Bonchev–Trinajstić information content (AvgIpc) is 3.33. The molecule has 0 saturated carbocycles. The molecule has 0 saturated heterocycles. The number of aromatic nitrogens is 2. The van der Waals surface area contributed by atoms with Crippen LogP contribution in [0.1, 0.15) is 206 Å². The molecule has 1 heterocycles. The van der Waals surface area contributed by atoms with Crippen molar-refractivity contribution < 1.29 is 4.57 Å². The van der Waals surface area contributed by atoms with Crippen LogP contribution in [0, 0.1) is 0 Å². The van der Waals surface area contributed by atoms with Crippen molar-refractivity contribution in [3.8, 4) is 0 Å². The Hall–Kier alpha value is -0.790. The average molecular weight is 546 g/mol. The van der Waals surface area contributed by atoms with Gasteiger partial charge in [0, 0.05) is 6.42 Å². The zero-order valence-corrected chi connectivity index (χ0v) is 27.5. The van der Waals surface area contributed by atoms with E-state index in [1.165, 1.54) is 199 Å². The molecule has 2 heteroatoms. The summed E-state index contributed by atoms with van der Waals surface area (Å²) in [5.74, 6) is 1.59. The molecule has 2 nitrogen and oxygen atoms in total. The summed E-state index contributed by atoms with van der Waals surface area (Å²) in [7, 11) is 0. The van der Waals surface area contributed by atoms with Gasteiger partial charge in [-0.05, 0) is 32.1 Å². The fourth-order valence-corrected chi connectivity index (χ4v) is 6.13. The molecule has 0 aliphatic rings. The van der Waals surface area contributed by atoms with Crippen LogP contribution in [-0.4, -0.2) is 4.57 Å². The highest BCUT2D eigenvalue weighted by atomic mass is 15.1. The fraction of sp³-hybridized carbons (Fsp3) is 0.919. The Morgan fingerprint density at radius 3 is 1.21 bits per heavy atom. The van der Waals surface area contributed by atoms with Gasteiger partial charge in [0.2, 0.25) is 0 Å². The van der Waals surface area contributed by atoms with Gasteiger partial charge in [-0.3, -0.25) is 0 Å². The predicted molar refractivity (Wildman–Crippen MR) is 175 cm³/mol. The molecule has 1 aromatic heterocycles. The lowest BCUT2D eigenvalue weighted by molar-refractivity contribution is -0.704. The van der Waals surface area contributed by atoms with E-state index in [1.807, 2.05) is 0 Å². The van der Waals surface area contributed by atoms with Crippen LogP contribution >= 0.6 is 0 Å². The minimum atomic E-state index is 1.22. The summed E-state index contributed by atoms with van der Waals surface area (Å²) in [4.78, 5) is 0. The SMILES string of the molecule is CCCCCCCCCCCCCCCCCCC[n+]1ccn(CCCCCCCCCCC)c1CCCC. The molecule has 0 unspecified atom stereocenters. The molecule has 0 aliphatic carbocycles. The Bertz CT molecular complexity index is 605. The highest BCUT2D eigenvalue weighted by Crippen LogP contribution is 2.15. The minimum absolute atomic E-state index is 1.22. The van der Waals surface area contributed by atoms with Crippen LogP contribution in [0.5, 0.6) is 0 Å². The maximum atomic E-state index is 2.59. The van der Waals surface area contributed by atoms with Crippen LogP contribution in [0.15, 0.2) is 12.4 Å². The lowest BCUT2D eigenvalue weighted by Crippen LogP contribution is -2.37. The van der Waals surface area contributed by atoms with E-state index in [1.54, 1.807) is 5.82 Å². The first kappa shape index (κ1) is 36.2. The zero-order valence-electron chi connectivity index (χ0n) is 27.5. The number of unbranched alkanes of at least 4 members (excludes halogenated alkanes) is 25. The molecule has 0 spiro atoms. The van der Waals surface area contributed by atoms with E-state index < -0.39 is 0 Å². The maximum Gasteiger partial charge on any atom is 0.256 e. The van der Waals surface area contributed by atoms with E-state index in [0.717, 1.165) is 0 Å². The van der Waals surface area contributed by atoms with Gasteiger partial charge in [0.25, 0.3) is 5.82 Å². The van der Waals surface area contributed by atoms with Gasteiger partial charge in [-0.25, -0.2) is 9.13 Å². The number of hydrogen-bond acceptors (Lipinski definition) is 0. The third kappa shape index (κ3) is 21.6. The number of aryl methyl sites for hydroxylation is 2. The Balaban J connectivity index is 2.04. The molecule has 0 aromatic carbocycles. The van der Waals surface area contributed by atoms with Crippen molar-refractivity contribution >= 4 is 0 Å². The van der Waals surface area contributed by atoms with Crippen molar-refractivity contribution in [1.82, 2.24) is 4.57 Å². The molecular weight excluding hydrogens is 472 g/mol. The molecule has 0 atom stereocenters. The molecule has 39 heavy (non-hydrogen) atoms. The number of rotatable bonds is 31. The van der Waals surface area contributed by atoms with Gasteiger partial charge in [-0.15, -0.1) is 0 Å². The monoisotopic (exact) mass is 546 g/mol. The van der Waals surface area contributed by atoms with Crippen LogP contribution in [0.2, 0.25) is 0 Å². The van der Waals surface area contributed by atoms with Gasteiger partial charge >= 0.3 is 0 Å². The van der Waals surface area contributed by atoms with Gasteiger partial charge < -0.3 is 0 Å². The predicted octanol–water partition coefficient (Wildman–Crippen LogP) is 12.3. The number of nitrogens with zero attached hydrogens (tertiary/aromatic N) is 2.